The van der Waals surface area contributed by atoms with Crippen molar-refractivity contribution in [2.24, 2.45) is 0 Å². The maximum atomic E-state index is 12.8. The zero-order valence-electron chi connectivity index (χ0n) is 13.1. The Hall–Kier alpha value is -3.16. The van der Waals surface area contributed by atoms with E-state index in [1.165, 1.54) is 23.0 Å². The molecule has 0 radical (unpaired) electrons. The maximum Gasteiger partial charge on any atom is 0.416 e. The first-order valence-corrected chi connectivity index (χ1v) is 7.31. The molecule has 2 heterocycles. The quantitative estimate of drug-likeness (QED) is 0.784. The van der Waals surface area contributed by atoms with Crippen LogP contribution in [-0.4, -0.2) is 20.7 Å². The van der Waals surface area contributed by atoms with Gasteiger partial charge in [-0.25, -0.2) is 9.67 Å². The lowest BCUT2D eigenvalue weighted by Crippen LogP contribution is -2.14. The topological polar surface area (TPSA) is 59.8 Å². The van der Waals surface area contributed by atoms with E-state index in [0.717, 1.165) is 12.1 Å². The van der Waals surface area contributed by atoms with Gasteiger partial charge in [0.1, 0.15) is 0 Å². The first kappa shape index (κ1) is 16.7. The molecule has 3 rings (SSSR count). The fourth-order valence-corrected chi connectivity index (χ4v) is 2.31. The van der Waals surface area contributed by atoms with Crippen LogP contribution in [0.3, 0.4) is 0 Å². The highest BCUT2D eigenvalue weighted by Gasteiger charge is 2.30. The van der Waals surface area contributed by atoms with Crippen LogP contribution < -0.4 is 5.32 Å². The van der Waals surface area contributed by atoms with E-state index in [1.54, 1.807) is 31.3 Å². The number of pyridine rings is 1. The third-order valence-electron chi connectivity index (χ3n) is 3.57. The number of nitrogens with zero attached hydrogens (tertiary/aromatic N) is 3. The van der Waals surface area contributed by atoms with Gasteiger partial charge in [0, 0.05) is 11.9 Å². The van der Waals surface area contributed by atoms with Crippen molar-refractivity contribution in [3.05, 3.63) is 71.7 Å². The normalized spacial score (nSPS) is 11.4. The number of alkyl halides is 3. The zero-order valence-corrected chi connectivity index (χ0v) is 13.1. The summed E-state index contributed by atoms with van der Waals surface area (Å²) in [5, 5.41) is 6.58. The minimum Gasteiger partial charge on any atom is -0.322 e. The molecule has 25 heavy (non-hydrogen) atoms. The summed E-state index contributed by atoms with van der Waals surface area (Å²) < 4.78 is 39.7. The van der Waals surface area contributed by atoms with Crippen LogP contribution in [0.25, 0.3) is 5.82 Å². The fourth-order valence-electron chi connectivity index (χ4n) is 2.31. The largest absolute Gasteiger partial charge is 0.416 e. The van der Waals surface area contributed by atoms with Gasteiger partial charge in [0.05, 0.1) is 23.0 Å². The van der Waals surface area contributed by atoms with E-state index < -0.39 is 17.6 Å². The summed E-state index contributed by atoms with van der Waals surface area (Å²) in [6.45, 7) is 1.68. The number of hydrogen-bond acceptors (Lipinski definition) is 3. The maximum absolute atomic E-state index is 12.8. The van der Waals surface area contributed by atoms with Crippen LogP contribution >= 0.6 is 0 Å². The summed E-state index contributed by atoms with van der Waals surface area (Å²) in [7, 11) is 0. The number of anilines is 1. The van der Waals surface area contributed by atoms with Crippen molar-refractivity contribution in [2.75, 3.05) is 5.32 Å². The lowest BCUT2D eigenvalue weighted by Gasteiger charge is -2.10. The summed E-state index contributed by atoms with van der Waals surface area (Å²) in [5.74, 6) is -0.00266. The van der Waals surface area contributed by atoms with Gasteiger partial charge in [-0.3, -0.25) is 4.79 Å². The molecule has 2 aromatic heterocycles. The Morgan fingerprint density at radius 3 is 2.64 bits per heavy atom. The second-order valence-electron chi connectivity index (χ2n) is 5.28. The summed E-state index contributed by atoms with van der Waals surface area (Å²) in [4.78, 5) is 16.5. The van der Waals surface area contributed by atoms with E-state index in [4.69, 9.17) is 0 Å². The standard InChI is InChI=1S/C17H13F3N4O/c1-11-14(10-22-24(11)15-7-2-3-8-21-15)16(25)23-13-6-4-5-12(9-13)17(18,19)20/h2-10H,1H3,(H,23,25). The molecule has 0 saturated heterocycles. The number of nitrogens with one attached hydrogen (secondary N) is 1. The Kier molecular flexibility index (Phi) is 4.26. The molecular formula is C17H13F3N4O. The first-order chi connectivity index (χ1) is 11.9. The van der Waals surface area contributed by atoms with Crippen molar-refractivity contribution >= 4 is 11.6 Å². The molecule has 0 spiro atoms. The molecule has 3 aromatic rings. The SMILES string of the molecule is Cc1c(C(=O)Nc2cccc(C(F)(F)F)c2)cnn1-c1ccccn1. The van der Waals surface area contributed by atoms with Gasteiger partial charge >= 0.3 is 6.18 Å². The smallest absolute Gasteiger partial charge is 0.322 e. The van der Waals surface area contributed by atoms with Crippen molar-refractivity contribution in [3.8, 4) is 5.82 Å². The van der Waals surface area contributed by atoms with Crippen LogP contribution in [0.5, 0.6) is 0 Å². The van der Waals surface area contributed by atoms with Crippen LogP contribution in [0.4, 0.5) is 18.9 Å². The molecule has 0 aliphatic rings. The molecule has 0 bridgehead atoms. The second kappa shape index (κ2) is 6.39. The van der Waals surface area contributed by atoms with Gasteiger partial charge in [-0.15, -0.1) is 0 Å². The van der Waals surface area contributed by atoms with Gasteiger partial charge in [0.25, 0.3) is 5.91 Å². The molecule has 0 saturated carbocycles. The van der Waals surface area contributed by atoms with Crippen molar-refractivity contribution in [1.29, 1.82) is 0 Å². The summed E-state index contributed by atoms with van der Waals surface area (Å²) in [5.41, 5.74) is 0.0160. The van der Waals surface area contributed by atoms with Gasteiger partial charge < -0.3 is 5.32 Å². The van der Waals surface area contributed by atoms with E-state index in [0.29, 0.717) is 11.5 Å². The Labute approximate surface area is 141 Å². The lowest BCUT2D eigenvalue weighted by molar-refractivity contribution is -0.137. The van der Waals surface area contributed by atoms with E-state index in [-0.39, 0.29) is 11.3 Å². The molecule has 0 atom stereocenters. The van der Waals surface area contributed by atoms with Crippen molar-refractivity contribution in [3.63, 3.8) is 0 Å². The third kappa shape index (κ3) is 3.52. The van der Waals surface area contributed by atoms with E-state index in [1.807, 2.05) is 0 Å². The highest BCUT2D eigenvalue weighted by atomic mass is 19.4. The van der Waals surface area contributed by atoms with Crippen LogP contribution in [-0.2, 0) is 6.18 Å². The number of aromatic nitrogens is 3. The molecule has 0 aliphatic carbocycles. The molecule has 8 heteroatoms. The van der Waals surface area contributed by atoms with Gasteiger partial charge in [0.15, 0.2) is 5.82 Å². The fraction of sp³-hybridized carbons (Fsp3) is 0.118. The average Bonchev–Trinajstić information content (AvgIpc) is 2.97. The number of carbonyl (C=O) groups is 1. The summed E-state index contributed by atoms with van der Waals surface area (Å²) >= 11 is 0. The lowest BCUT2D eigenvalue weighted by atomic mass is 10.2. The van der Waals surface area contributed by atoms with Crippen molar-refractivity contribution in [1.82, 2.24) is 14.8 Å². The van der Waals surface area contributed by atoms with Crippen LogP contribution in [0.15, 0.2) is 54.9 Å². The molecule has 1 N–H and O–H groups in total. The van der Waals surface area contributed by atoms with Gasteiger partial charge in [-0.05, 0) is 37.3 Å². The third-order valence-corrected chi connectivity index (χ3v) is 3.57. The number of rotatable bonds is 3. The summed E-state index contributed by atoms with van der Waals surface area (Å²) in [6, 6.07) is 9.73. The van der Waals surface area contributed by atoms with Gasteiger partial charge in [-0.2, -0.15) is 18.3 Å². The highest BCUT2D eigenvalue weighted by Crippen LogP contribution is 2.30. The number of hydrogen-bond donors (Lipinski definition) is 1. The van der Waals surface area contributed by atoms with E-state index in [9.17, 15) is 18.0 Å². The Morgan fingerprint density at radius 2 is 1.96 bits per heavy atom. The molecule has 1 amide bonds. The predicted molar refractivity (Wildman–Crippen MR) is 85.5 cm³/mol. The van der Waals surface area contributed by atoms with Crippen molar-refractivity contribution in [2.45, 2.75) is 13.1 Å². The number of amides is 1. The number of halogens is 3. The Bertz CT molecular complexity index is 904. The number of carbonyl (C=O) groups excluding carboxylic acids is 1. The molecule has 0 aliphatic heterocycles. The molecule has 0 fully saturated rings. The highest BCUT2D eigenvalue weighted by molar-refractivity contribution is 6.05. The molecule has 1 aromatic carbocycles. The number of benzene rings is 1. The van der Waals surface area contributed by atoms with Crippen LogP contribution in [0, 0.1) is 6.92 Å². The predicted octanol–water partition coefficient (Wildman–Crippen LogP) is 3.85. The monoisotopic (exact) mass is 346 g/mol. The average molecular weight is 346 g/mol. The second-order valence-corrected chi connectivity index (χ2v) is 5.28. The summed E-state index contributed by atoms with van der Waals surface area (Å²) in [6.07, 6.45) is -1.52. The molecule has 5 nitrogen and oxygen atoms in total. The zero-order chi connectivity index (χ0) is 18.0. The van der Waals surface area contributed by atoms with Gasteiger partial charge in [-0.1, -0.05) is 12.1 Å². The van der Waals surface area contributed by atoms with Crippen LogP contribution in [0.2, 0.25) is 0 Å². The van der Waals surface area contributed by atoms with Gasteiger partial charge in [0.2, 0.25) is 0 Å². The van der Waals surface area contributed by atoms with E-state index >= 15 is 0 Å². The minimum absolute atomic E-state index is 0.0600. The molecular weight excluding hydrogens is 333 g/mol. The first-order valence-electron chi connectivity index (χ1n) is 7.31. The molecule has 128 valence electrons. The Balaban J connectivity index is 1.85. The molecule has 0 unspecified atom stereocenters. The van der Waals surface area contributed by atoms with Crippen molar-refractivity contribution < 1.29 is 18.0 Å². The van der Waals surface area contributed by atoms with Crippen LogP contribution in [0.1, 0.15) is 21.6 Å². The van der Waals surface area contributed by atoms with E-state index in [2.05, 4.69) is 15.4 Å². The minimum atomic E-state index is -4.47. The Morgan fingerprint density at radius 1 is 1.16 bits per heavy atom.